The highest BCUT2D eigenvalue weighted by atomic mass is 16.7. The standard InChI is InChI=1S/C23H28N4O3/c1-2-9-28-16-22-24-13-19(14-25-22)18-5-8-27-21(12-18)20(15-26-27)17-3-6-23(7-4-17)29-10-11-30-23/h5,8,12-15,17H,2-4,6-7,9-11,16H2,1H3. The summed E-state index contributed by atoms with van der Waals surface area (Å²) in [4.78, 5) is 8.92. The molecule has 1 aliphatic heterocycles. The molecule has 1 saturated heterocycles. The van der Waals surface area contributed by atoms with Gasteiger partial charge in [-0.3, -0.25) is 0 Å². The van der Waals surface area contributed by atoms with Gasteiger partial charge in [0, 0.05) is 49.2 Å². The van der Waals surface area contributed by atoms with Crippen LogP contribution in [0.1, 0.15) is 56.3 Å². The molecule has 0 aromatic carbocycles. The molecule has 7 heteroatoms. The molecule has 1 saturated carbocycles. The highest BCUT2D eigenvalue weighted by Crippen LogP contribution is 2.43. The zero-order valence-corrected chi connectivity index (χ0v) is 17.4. The predicted octanol–water partition coefficient (Wildman–Crippen LogP) is 4.12. The summed E-state index contributed by atoms with van der Waals surface area (Å²) in [6, 6.07) is 4.26. The summed E-state index contributed by atoms with van der Waals surface area (Å²) >= 11 is 0. The normalized spacial score (nSPS) is 19.1. The van der Waals surface area contributed by atoms with Crippen molar-refractivity contribution in [2.24, 2.45) is 0 Å². The third kappa shape index (κ3) is 3.85. The number of hydrogen-bond donors (Lipinski definition) is 0. The molecule has 0 N–H and O–H groups in total. The summed E-state index contributed by atoms with van der Waals surface area (Å²) in [5, 5.41) is 4.58. The van der Waals surface area contributed by atoms with E-state index in [-0.39, 0.29) is 5.79 Å². The van der Waals surface area contributed by atoms with Crippen molar-refractivity contribution in [3.63, 3.8) is 0 Å². The van der Waals surface area contributed by atoms with E-state index in [0.717, 1.165) is 68.6 Å². The molecule has 0 atom stereocenters. The van der Waals surface area contributed by atoms with Gasteiger partial charge in [-0.2, -0.15) is 5.10 Å². The second kappa shape index (κ2) is 8.41. The average molecular weight is 409 g/mol. The van der Waals surface area contributed by atoms with E-state index in [2.05, 4.69) is 34.1 Å². The van der Waals surface area contributed by atoms with Gasteiger partial charge in [-0.1, -0.05) is 6.92 Å². The van der Waals surface area contributed by atoms with E-state index in [4.69, 9.17) is 14.2 Å². The fraction of sp³-hybridized carbons (Fsp3) is 0.522. The Bertz CT molecular complexity index is 985. The van der Waals surface area contributed by atoms with Crippen molar-refractivity contribution >= 4 is 5.52 Å². The molecule has 30 heavy (non-hydrogen) atoms. The van der Waals surface area contributed by atoms with Gasteiger partial charge in [0.05, 0.1) is 24.9 Å². The van der Waals surface area contributed by atoms with E-state index in [9.17, 15) is 0 Å². The van der Waals surface area contributed by atoms with Gasteiger partial charge in [-0.15, -0.1) is 0 Å². The van der Waals surface area contributed by atoms with Gasteiger partial charge in [-0.05, 0) is 42.9 Å². The topological polar surface area (TPSA) is 70.8 Å². The first-order valence-electron chi connectivity index (χ1n) is 10.9. The van der Waals surface area contributed by atoms with Crippen LogP contribution in [-0.2, 0) is 20.8 Å². The second-order valence-electron chi connectivity index (χ2n) is 8.17. The highest BCUT2D eigenvalue weighted by Gasteiger charge is 2.41. The third-order valence-corrected chi connectivity index (χ3v) is 6.17. The Morgan fingerprint density at radius 1 is 1.10 bits per heavy atom. The number of nitrogens with zero attached hydrogens (tertiary/aromatic N) is 4. The minimum atomic E-state index is -0.329. The van der Waals surface area contributed by atoms with E-state index < -0.39 is 0 Å². The van der Waals surface area contributed by atoms with Crippen molar-refractivity contribution in [1.29, 1.82) is 0 Å². The van der Waals surface area contributed by atoms with Crippen LogP contribution >= 0.6 is 0 Å². The van der Waals surface area contributed by atoms with Gasteiger partial charge in [0.2, 0.25) is 0 Å². The number of pyridine rings is 1. The lowest BCUT2D eigenvalue weighted by Crippen LogP contribution is -2.34. The average Bonchev–Trinajstić information content (AvgIpc) is 3.42. The molecule has 2 fully saturated rings. The molecule has 2 aliphatic rings. The molecule has 0 radical (unpaired) electrons. The Kier molecular flexibility index (Phi) is 5.50. The molecular formula is C23H28N4O3. The Morgan fingerprint density at radius 2 is 1.87 bits per heavy atom. The fourth-order valence-electron chi connectivity index (χ4n) is 4.53. The summed E-state index contributed by atoms with van der Waals surface area (Å²) in [5.74, 6) is 0.862. The first-order valence-corrected chi connectivity index (χ1v) is 10.9. The van der Waals surface area contributed by atoms with Gasteiger partial charge in [0.25, 0.3) is 0 Å². The molecule has 0 unspecified atom stereocenters. The lowest BCUT2D eigenvalue weighted by atomic mass is 9.81. The largest absolute Gasteiger partial charge is 0.373 e. The maximum atomic E-state index is 5.89. The Hall–Kier alpha value is -2.35. The van der Waals surface area contributed by atoms with E-state index in [1.54, 1.807) is 0 Å². The number of hydrogen-bond acceptors (Lipinski definition) is 6. The highest BCUT2D eigenvalue weighted by molar-refractivity contribution is 5.69. The zero-order chi connectivity index (χ0) is 20.4. The molecule has 1 spiro atoms. The summed E-state index contributed by atoms with van der Waals surface area (Å²) in [6.07, 6.45) is 12.8. The van der Waals surface area contributed by atoms with Gasteiger partial charge in [-0.25, -0.2) is 14.5 Å². The summed E-state index contributed by atoms with van der Waals surface area (Å²) in [7, 11) is 0. The van der Waals surface area contributed by atoms with Crippen molar-refractivity contribution in [3.8, 4) is 11.1 Å². The van der Waals surface area contributed by atoms with Crippen LogP contribution in [0.3, 0.4) is 0 Å². The van der Waals surface area contributed by atoms with E-state index >= 15 is 0 Å². The monoisotopic (exact) mass is 408 g/mol. The zero-order valence-electron chi connectivity index (χ0n) is 17.4. The third-order valence-electron chi connectivity index (χ3n) is 6.17. The lowest BCUT2D eigenvalue weighted by Gasteiger charge is -2.35. The molecule has 0 amide bonds. The van der Waals surface area contributed by atoms with Gasteiger partial charge in [0.1, 0.15) is 6.61 Å². The maximum absolute atomic E-state index is 5.89. The Morgan fingerprint density at radius 3 is 2.60 bits per heavy atom. The second-order valence-corrected chi connectivity index (χ2v) is 8.17. The number of aromatic nitrogens is 4. The van der Waals surface area contributed by atoms with Crippen molar-refractivity contribution in [3.05, 3.63) is 48.3 Å². The van der Waals surface area contributed by atoms with Crippen LogP contribution in [0.2, 0.25) is 0 Å². The molecule has 5 rings (SSSR count). The summed E-state index contributed by atoms with van der Waals surface area (Å²) in [5.41, 5.74) is 4.55. The molecule has 3 aromatic rings. The number of rotatable bonds is 6. The van der Waals surface area contributed by atoms with Crippen LogP contribution in [0, 0.1) is 0 Å². The van der Waals surface area contributed by atoms with E-state index in [0.29, 0.717) is 18.3 Å². The smallest absolute Gasteiger partial charge is 0.168 e. The Labute approximate surface area is 176 Å². The first-order chi connectivity index (χ1) is 14.8. The van der Waals surface area contributed by atoms with Crippen molar-refractivity contribution in [2.45, 2.75) is 57.3 Å². The molecular weight excluding hydrogens is 380 g/mol. The number of fused-ring (bicyclic) bond motifs is 1. The van der Waals surface area contributed by atoms with Crippen LogP contribution in [0.25, 0.3) is 16.6 Å². The van der Waals surface area contributed by atoms with E-state index in [1.165, 1.54) is 5.56 Å². The molecule has 7 nitrogen and oxygen atoms in total. The van der Waals surface area contributed by atoms with Crippen molar-refractivity contribution < 1.29 is 14.2 Å². The SMILES string of the molecule is CCCOCc1ncc(-c2ccn3ncc(C4CCC5(CC4)OCCO5)c3c2)cn1. The first kappa shape index (κ1) is 19.6. The van der Waals surface area contributed by atoms with Crippen LogP contribution in [0.15, 0.2) is 36.9 Å². The minimum Gasteiger partial charge on any atom is -0.373 e. The van der Waals surface area contributed by atoms with Gasteiger partial charge >= 0.3 is 0 Å². The quantitative estimate of drug-likeness (QED) is 0.572. The van der Waals surface area contributed by atoms with Crippen LogP contribution in [0.5, 0.6) is 0 Å². The van der Waals surface area contributed by atoms with Crippen LogP contribution in [-0.4, -0.2) is 45.2 Å². The molecule has 4 heterocycles. The fourth-order valence-corrected chi connectivity index (χ4v) is 4.53. The van der Waals surface area contributed by atoms with Gasteiger partial charge in [0.15, 0.2) is 11.6 Å². The van der Waals surface area contributed by atoms with Crippen LogP contribution < -0.4 is 0 Å². The van der Waals surface area contributed by atoms with Crippen molar-refractivity contribution in [1.82, 2.24) is 19.6 Å². The molecule has 158 valence electrons. The lowest BCUT2D eigenvalue weighted by molar-refractivity contribution is -0.178. The maximum Gasteiger partial charge on any atom is 0.168 e. The number of ether oxygens (including phenoxy) is 3. The van der Waals surface area contributed by atoms with Gasteiger partial charge < -0.3 is 14.2 Å². The summed E-state index contributed by atoms with van der Waals surface area (Å²) < 4.78 is 19.3. The van der Waals surface area contributed by atoms with Crippen LogP contribution in [0.4, 0.5) is 0 Å². The molecule has 0 bridgehead atoms. The molecule has 3 aromatic heterocycles. The van der Waals surface area contributed by atoms with E-state index in [1.807, 2.05) is 29.3 Å². The Balaban J connectivity index is 1.34. The van der Waals surface area contributed by atoms with Crippen molar-refractivity contribution in [2.75, 3.05) is 19.8 Å². The summed E-state index contributed by atoms with van der Waals surface area (Å²) in [6.45, 7) is 4.71. The minimum absolute atomic E-state index is 0.329. The molecule has 1 aliphatic carbocycles. The predicted molar refractivity (Wildman–Crippen MR) is 112 cm³/mol.